The van der Waals surface area contributed by atoms with Crippen LogP contribution in [0.1, 0.15) is 5.56 Å². The van der Waals surface area contributed by atoms with Crippen LogP contribution in [0.2, 0.25) is 5.02 Å². The normalized spacial score (nSPS) is 10.6. The van der Waals surface area contributed by atoms with Gasteiger partial charge in [0, 0.05) is 10.3 Å². The molecule has 0 saturated carbocycles. The molecule has 0 unspecified atom stereocenters. The van der Waals surface area contributed by atoms with E-state index in [2.05, 4.69) is 16.0 Å². The van der Waals surface area contributed by atoms with E-state index in [0.717, 1.165) is 21.2 Å². The van der Waals surface area contributed by atoms with Gasteiger partial charge in [0.2, 0.25) is 5.95 Å². The first-order chi connectivity index (χ1) is 9.70. The minimum atomic E-state index is 0.190. The van der Waals surface area contributed by atoms with Crippen LogP contribution in [0.3, 0.4) is 0 Å². The molecular weight excluding hydrogens is 292 g/mol. The topological polar surface area (TPSA) is 75.6 Å². The summed E-state index contributed by atoms with van der Waals surface area (Å²) in [5.74, 6) is 0.190. The zero-order valence-corrected chi connectivity index (χ0v) is 11.9. The van der Waals surface area contributed by atoms with E-state index in [0.29, 0.717) is 17.1 Å². The Hall–Kier alpha value is -2.16. The lowest BCUT2D eigenvalue weighted by Crippen LogP contribution is -1.96. The van der Waals surface area contributed by atoms with Gasteiger partial charge in [0.15, 0.2) is 0 Å². The van der Waals surface area contributed by atoms with E-state index < -0.39 is 0 Å². The first-order valence-electron chi connectivity index (χ1n) is 5.85. The van der Waals surface area contributed by atoms with Crippen molar-refractivity contribution >= 4 is 39.0 Å². The van der Waals surface area contributed by atoms with E-state index in [1.54, 1.807) is 11.3 Å². The van der Waals surface area contributed by atoms with Crippen molar-refractivity contribution in [2.24, 2.45) is 0 Å². The summed E-state index contributed by atoms with van der Waals surface area (Å²) < 4.78 is 1.05. The Balaban J connectivity index is 2.27. The third-order valence-corrected chi connectivity index (χ3v) is 4.32. The third-order valence-electron chi connectivity index (χ3n) is 2.97. The zero-order valence-electron chi connectivity index (χ0n) is 10.3. The summed E-state index contributed by atoms with van der Waals surface area (Å²) in [6.45, 7) is 0. The molecule has 0 radical (unpaired) electrons. The Morgan fingerprint density at radius 3 is 3.05 bits per heavy atom. The molecule has 0 aliphatic rings. The number of hydrogen-bond acceptors (Lipinski definition) is 5. The van der Waals surface area contributed by atoms with Gasteiger partial charge < -0.3 is 5.73 Å². The average Bonchev–Trinajstić information content (AvgIpc) is 2.85. The monoisotopic (exact) mass is 300 g/mol. The number of thiophene rings is 1. The number of nitrogens with two attached hydrogens (primary N) is 1. The maximum atomic E-state index is 8.86. The van der Waals surface area contributed by atoms with Gasteiger partial charge in [-0.3, -0.25) is 0 Å². The Kier molecular flexibility index (Phi) is 3.26. The lowest BCUT2D eigenvalue weighted by atomic mass is 10.1. The summed E-state index contributed by atoms with van der Waals surface area (Å²) in [5.41, 5.74) is 8.20. The van der Waals surface area contributed by atoms with Crippen molar-refractivity contribution in [3.8, 4) is 17.3 Å². The molecule has 2 N–H and O–H groups in total. The van der Waals surface area contributed by atoms with Gasteiger partial charge in [0.25, 0.3) is 0 Å². The van der Waals surface area contributed by atoms with Crippen LogP contribution >= 0.6 is 22.9 Å². The van der Waals surface area contributed by atoms with Crippen molar-refractivity contribution < 1.29 is 0 Å². The van der Waals surface area contributed by atoms with Gasteiger partial charge >= 0.3 is 0 Å². The van der Waals surface area contributed by atoms with Crippen LogP contribution in [0, 0.1) is 11.3 Å². The van der Waals surface area contributed by atoms with E-state index in [4.69, 9.17) is 22.6 Å². The molecule has 0 fully saturated rings. The quantitative estimate of drug-likeness (QED) is 0.783. The number of nitriles is 1. The second-order valence-corrected chi connectivity index (χ2v) is 5.49. The van der Waals surface area contributed by atoms with Crippen LogP contribution in [-0.2, 0) is 6.42 Å². The molecule has 6 heteroatoms. The molecule has 0 atom stereocenters. The average molecular weight is 301 g/mol. The SMILES string of the molecule is N#CCc1csc2c(-c3nc(N)ncc3Cl)cccc12. The summed E-state index contributed by atoms with van der Waals surface area (Å²) in [7, 11) is 0. The van der Waals surface area contributed by atoms with Crippen molar-refractivity contribution in [1.82, 2.24) is 9.97 Å². The number of rotatable bonds is 2. The number of hydrogen-bond donors (Lipinski definition) is 1. The number of nitrogens with zero attached hydrogens (tertiary/aromatic N) is 3. The molecule has 0 amide bonds. The fraction of sp³-hybridized carbons (Fsp3) is 0.0714. The first kappa shape index (κ1) is 12.9. The first-order valence-corrected chi connectivity index (χ1v) is 7.11. The Bertz CT molecular complexity index is 835. The molecule has 98 valence electrons. The maximum Gasteiger partial charge on any atom is 0.220 e. The van der Waals surface area contributed by atoms with Gasteiger partial charge in [-0.2, -0.15) is 5.26 Å². The van der Waals surface area contributed by atoms with E-state index in [9.17, 15) is 0 Å². The summed E-state index contributed by atoms with van der Waals surface area (Å²) >= 11 is 7.75. The molecule has 0 bridgehead atoms. The van der Waals surface area contributed by atoms with Crippen molar-refractivity contribution in [2.75, 3.05) is 5.73 Å². The van der Waals surface area contributed by atoms with E-state index in [1.807, 2.05) is 23.6 Å². The molecule has 0 saturated heterocycles. The number of nitrogen functional groups attached to an aromatic ring is 1. The fourth-order valence-corrected chi connectivity index (χ4v) is 3.37. The minimum absolute atomic E-state index is 0.190. The number of benzene rings is 1. The van der Waals surface area contributed by atoms with Gasteiger partial charge in [0.1, 0.15) is 0 Å². The van der Waals surface area contributed by atoms with Crippen molar-refractivity contribution in [1.29, 1.82) is 5.26 Å². The predicted molar refractivity (Wildman–Crippen MR) is 81.6 cm³/mol. The standard InChI is InChI=1S/C14H9ClN4S/c15-11-6-18-14(17)19-12(11)10-3-1-2-9-8(4-5-16)7-20-13(9)10/h1-3,6-7H,4H2,(H2,17,18,19). The van der Waals surface area contributed by atoms with Crippen LogP contribution < -0.4 is 5.73 Å². The van der Waals surface area contributed by atoms with Crippen molar-refractivity contribution in [3.63, 3.8) is 0 Å². The number of halogens is 1. The number of aromatic nitrogens is 2. The second kappa shape index (κ2) is 5.08. The molecule has 0 spiro atoms. The smallest absolute Gasteiger partial charge is 0.220 e. The van der Waals surface area contributed by atoms with E-state index >= 15 is 0 Å². The molecule has 3 rings (SSSR count). The van der Waals surface area contributed by atoms with Crippen molar-refractivity contribution in [2.45, 2.75) is 6.42 Å². The highest BCUT2D eigenvalue weighted by Gasteiger charge is 2.13. The Morgan fingerprint density at radius 2 is 2.25 bits per heavy atom. The minimum Gasteiger partial charge on any atom is -0.368 e. The molecule has 0 aliphatic carbocycles. The summed E-state index contributed by atoms with van der Waals surface area (Å²) in [6, 6.07) is 8.05. The van der Waals surface area contributed by atoms with E-state index in [1.165, 1.54) is 6.20 Å². The summed E-state index contributed by atoms with van der Waals surface area (Å²) in [5, 5.41) is 12.4. The highest BCUT2D eigenvalue weighted by atomic mass is 35.5. The lowest BCUT2D eigenvalue weighted by Gasteiger charge is -2.05. The van der Waals surface area contributed by atoms with Gasteiger partial charge in [-0.05, 0) is 16.3 Å². The van der Waals surface area contributed by atoms with Crippen LogP contribution in [0.15, 0.2) is 29.8 Å². The predicted octanol–water partition coefficient (Wildman–Crippen LogP) is 3.66. The highest BCUT2D eigenvalue weighted by molar-refractivity contribution is 7.18. The molecule has 4 nitrogen and oxygen atoms in total. The van der Waals surface area contributed by atoms with Gasteiger partial charge in [-0.25, -0.2) is 9.97 Å². The maximum absolute atomic E-state index is 8.86. The summed E-state index contributed by atoms with van der Waals surface area (Å²) in [4.78, 5) is 8.10. The van der Waals surface area contributed by atoms with Gasteiger partial charge in [0.05, 0.1) is 29.4 Å². The Morgan fingerprint density at radius 1 is 1.40 bits per heavy atom. The van der Waals surface area contributed by atoms with Crippen LogP contribution in [0.25, 0.3) is 21.3 Å². The zero-order chi connectivity index (χ0) is 14.1. The van der Waals surface area contributed by atoms with Gasteiger partial charge in [-0.15, -0.1) is 11.3 Å². The van der Waals surface area contributed by atoms with Crippen LogP contribution in [0.4, 0.5) is 5.95 Å². The number of fused-ring (bicyclic) bond motifs is 1. The van der Waals surface area contributed by atoms with Gasteiger partial charge in [-0.1, -0.05) is 29.8 Å². The third kappa shape index (κ3) is 2.09. The lowest BCUT2D eigenvalue weighted by molar-refractivity contribution is 1.19. The Labute approximate surface area is 124 Å². The molecule has 3 aromatic rings. The largest absolute Gasteiger partial charge is 0.368 e. The molecule has 0 aliphatic heterocycles. The summed E-state index contributed by atoms with van der Waals surface area (Å²) in [6.07, 6.45) is 1.89. The molecule has 2 aromatic heterocycles. The molecule has 1 aromatic carbocycles. The number of anilines is 1. The molecule has 2 heterocycles. The highest BCUT2D eigenvalue weighted by Crippen LogP contribution is 2.37. The van der Waals surface area contributed by atoms with Crippen LogP contribution in [0.5, 0.6) is 0 Å². The fourth-order valence-electron chi connectivity index (χ4n) is 2.09. The van der Waals surface area contributed by atoms with Crippen molar-refractivity contribution in [3.05, 3.63) is 40.4 Å². The molecular formula is C14H9ClN4S. The van der Waals surface area contributed by atoms with Crippen LogP contribution in [-0.4, -0.2) is 9.97 Å². The van der Waals surface area contributed by atoms with E-state index in [-0.39, 0.29) is 5.95 Å². The second-order valence-electron chi connectivity index (χ2n) is 4.20. The molecule has 20 heavy (non-hydrogen) atoms.